The summed E-state index contributed by atoms with van der Waals surface area (Å²) in [5.74, 6) is -1.90. The summed E-state index contributed by atoms with van der Waals surface area (Å²) in [6.07, 6.45) is 0. The van der Waals surface area contributed by atoms with Gasteiger partial charge in [-0.1, -0.05) is 11.6 Å². The van der Waals surface area contributed by atoms with E-state index in [4.69, 9.17) is 21.6 Å². The molecule has 0 saturated heterocycles. The summed E-state index contributed by atoms with van der Waals surface area (Å²) in [7, 11) is -2.08. The van der Waals surface area contributed by atoms with Gasteiger partial charge in [0.05, 0.1) is 9.50 Å². The highest BCUT2D eigenvalue weighted by Crippen LogP contribution is 2.26. The van der Waals surface area contributed by atoms with Crippen molar-refractivity contribution >= 4 is 40.1 Å². The fourth-order valence-corrected chi connectivity index (χ4v) is 1.27. The Morgan fingerprint density at radius 2 is 1.92 bits per heavy atom. The second-order valence-electron chi connectivity index (χ2n) is 2.26. The molecule has 70 valence electrons. The minimum Gasteiger partial charge on any atom is -0.423 e. The van der Waals surface area contributed by atoms with E-state index in [1.807, 2.05) is 0 Å². The first-order chi connectivity index (χ1) is 5.95. The van der Waals surface area contributed by atoms with Crippen molar-refractivity contribution in [3.05, 3.63) is 27.2 Å². The molecule has 0 saturated carbocycles. The zero-order valence-corrected chi connectivity index (χ0v) is 8.40. The zero-order valence-electron chi connectivity index (χ0n) is 6.06. The van der Waals surface area contributed by atoms with E-state index in [2.05, 4.69) is 15.9 Å². The van der Waals surface area contributed by atoms with Gasteiger partial charge in [0.15, 0.2) is 0 Å². The first-order valence-electron chi connectivity index (χ1n) is 3.14. The van der Waals surface area contributed by atoms with E-state index in [0.29, 0.717) is 6.07 Å². The summed E-state index contributed by atoms with van der Waals surface area (Å²) < 4.78 is 25.7. The third-order valence-corrected chi connectivity index (χ3v) is 2.77. The van der Waals surface area contributed by atoms with Crippen molar-refractivity contribution in [1.82, 2.24) is 0 Å². The predicted molar refractivity (Wildman–Crippen MR) is 48.9 cm³/mol. The van der Waals surface area contributed by atoms with Crippen molar-refractivity contribution < 1.29 is 18.8 Å². The van der Waals surface area contributed by atoms with E-state index >= 15 is 0 Å². The highest BCUT2D eigenvalue weighted by molar-refractivity contribution is 9.10. The fourth-order valence-electron chi connectivity index (χ4n) is 0.779. The van der Waals surface area contributed by atoms with Crippen LogP contribution in [0, 0.1) is 11.6 Å². The van der Waals surface area contributed by atoms with Gasteiger partial charge in [-0.2, -0.15) is 0 Å². The molecular weight excluding hydrogens is 268 g/mol. The lowest BCUT2D eigenvalue weighted by Crippen LogP contribution is -2.33. The highest BCUT2D eigenvalue weighted by atomic mass is 79.9. The van der Waals surface area contributed by atoms with Gasteiger partial charge < -0.3 is 10.0 Å². The van der Waals surface area contributed by atoms with Crippen molar-refractivity contribution in [2.75, 3.05) is 0 Å². The quantitative estimate of drug-likeness (QED) is 0.455. The van der Waals surface area contributed by atoms with Crippen molar-refractivity contribution in [2.45, 2.75) is 0 Å². The van der Waals surface area contributed by atoms with Gasteiger partial charge in [-0.3, -0.25) is 0 Å². The molecule has 0 unspecified atom stereocenters. The molecule has 13 heavy (non-hydrogen) atoms. The van der Waals surface area contributed by atoms with Gasteiger partial charge in [-0.15, -0.1) is 0 Å². The number of hydrogen-bond acceptors (Lipinski definition) is 2. The van der Waals surface area contributed by atoms with E-state index in [9.17, 15) is 8.78 Å². The average Bonchev–Trinajstić information content (AvgIpc) is 2.07. The highest BCUT2D eigenvalue weighted by Gasteiger charge is 2.22. The molecular formula is C6H3BBrClF2O2. The number of hydrogen-bond donors (Lipinski definition) is 2. The summed E-state index contributed by atoms with van der Waals surface area (Å²) in [4.78, 5) is 0. The van der Waals surface area contributed by atoms with Gasteiger partial charge in [0.2, 0.25) is 0 Å². The molecule has 2 N–H and O–H groups in total. The molecule has 0 aliphatic heterocycles. The lowest BCUT2D eigenvalue weighted by molar-refractivity contribution is 0.422. The van der Waals surface area contributed by atoms with Crippen LogP contribution in [0.3, 0.4) is 0 Å². The van der Waals surface area contributed by atoms with Crippen molar-refractivity contribution in [1.29, 1.82) is 0 Å². The maximum atomic E-state index is 13.0. The third-order valence-electron chi connectivity index (χ3n) is 1.41. The molecule has 0 fully saturated rings. The second kappa shape index (κ2) is 3.92. The summed E-state index contributed by atoms with van der Waals surface area (Å²) >= 11 is 8.05. The van der Waals surface area contributed by atoms with Gasteiger partial charge >= 0.3 is 7.12 Å². The molecule has 0 aromatic heterocycles. The third kappa shape index (κ3) is 2.02. The predicted octanol–water partition coefficient (Wildman–Crippen LogP) is 1.06. The molecule has 0 aliphatic carbocycles. The number of halogens is 4. The van der Waals surface area contributed by atoms with Crippen LogP contribution in [0.5, 0.6) is 0 Å². The lowest BCUT2D eigenvalue weighted by Gasteiger charge is -2.05. The smallest absolute Gasteiger partial charge is 0.423 e. The Bertz CT molecular complexity index is 348. The normalized spacial score (nSPS) is 10.3. The molecule has 0 bridgehead atoms. The maximum Gasteiger partial charge on any atom is 0.491 e. The van der Waals surface area contributed by atoms with Crippen LogP contribution in [0.1, 0.15) is 0 Å². The monoisotopic (exact) mass is 270 g/mol. The summed E-state index contributed by atoms with van der Waals surface area (Å²) in [6, 6.07) is 0.663. The Morgan fingerprint density at radius 3 is 2.38 bits per heavy atom. The van der Waals surface area contributed by atoms with E-state index in [1.54, 1.807) is 0 Å². The molecule has 1 aromatic carbocycles. The molecule has 0 spiro atoms. The second-order valence-corrected chi connectivity index (χ2v) is 3.43. The summed E-state index contributed by atoms with van der Waals surface area (Å²) in [6.45, 7) is 0. The average molecular weight is 271 g/mol. The standard InChI is InChI=1S/C6H3BBrClF2O2/c8-4-3(10)1-2(7(12)13)6(11)5(4)9/h1,12-13H. The summed E-state index contributed by atoms with van der Waals surface area (Å²) in [5.41, 5.74) is -0.592. The van der Waals surface area contributed by atoms with Crippen LogP contribution in [-0.4, -0.2) is 17.2 Å². The Morgan fingerprint density at radius 1 is 1.38 bits per heavy atom. The molecule has 0 amide bonds. The van der Waals surface area contributed by atoms with Crippen LogP contribution >= 0.6 is 27.5 Å². The molecule has 1 aromatic rings. The number of benzene rings is 1. The molecule has 0 heterocycles. The molecule has 7 heteroatoms. The minimum atomic E-state index is -2.08. The Labute approximate surface area is 86.4 Å². The zero-order chi connectivity index (χ0) is 10.2. The van der Waals surface area contributed by atoms with Gasteiger partial charge in [-0.05, 0) is 22.0 Å². The largest absolute Gasteiger partial charge is 0.491 e. The van der Waals surface area contributed by atoms with Crippen LogP contribution in [0.25, 0.3) is 0 Å². The van der Waals surface area contributed by atoms with Crippen LogP contribution < -0.4 is 5.46 Å². The Kier molecular flexibility index (Phi) is 3.29. The first kappa shape index (κ1) is 10.9. The van der Waals surface area contributed by atoms with Crippen LogP contribution in [0.15, 0.2) is 10.5 Å². The van der Waals surface area contributed by atoms with Crippen molar-refractivity contribution in [3.63, 3.8) is 0 Å². The van der Waals surface area contributed by atoms with Gasteiger partial charge in [0.1, 0.15) is 11.6 Å². The Hall–Kier alpha value is -0.165. The van der Waals surface area contributed by atoms with Crippen LogP contribution in [-0.2, 0) is 0 Å². The van der Waals surface area contributed by atoms with E-state index in [0.717, 1.165) is 0 Å². The van der Waals surface area contributed by atoms with E-state index < -0.39 is 29.2 Å². The lowest BCUT2D eigenvalue weighted by atomic mass is 9.80. The van der Waals surface area contributed by atoms with E-state index in [-0.39, 0.29) is 4.47 Å². The molecule has 0 aliphatic rings. The summed E-state index contributed by atoms with van der Waals surface area (Å²) in [5, 5.41) is 16.7. The van der Waals surface area contributed by atoms with E-state index in [1.165, 1.54) is 0 Å². The first-order valence-corrected chi connectivity index (χ1v) is 4.31. The minimum absolute atomic E-state index is 0.240. The van der Waals surface area contributed by atoms with Gasteiger partial charge in [-0.25, -0.2) is 8.78 Å². The number of rotatable bonds is 1. The van der Waals surface area contributed by atoms with Gasteiger partial charge in [0.25, 0.3) is 0 Å². The Balaban J connectivity index is 3.41. The molecule has 0 atom stereocenters. The molecule has 0 radical (unpaired) electrons. The van der Waals surface area contributed by atoms with Crippen LogP contribution in [0.4, 0.5) is 8.78 Å². The SMILES string of the molecule is OB(O)c1cc(F)c(Br)c(Cl)c1F. The van der Waals surface area contributed by atoms with Gasteiger partial charge in [0, 0.05) is 5.46 Å². The molecule has 1 rings (SSSR count). The molecule has 2 nitrogen and oxygen atoms in total. The van der Waals surface area contributed by atoms with Crippen molar-refractivity contribution in [2.24, 2.45) is 0 Å². The maximum absolute atomic E-state index is 13.0. The van der Waals surface area contributed by atoms with Crippen molar-refractivity contribution in [3.8, 4) is 0 Å². The fraction of sp³-hybridized carbons (Fsp3) is 0. The topological polar surface area (TPSA) is 40.5 Å². The van der Waals surface area contributed by atoms with Crippen LogP contribution in [0.2, 0.25) is 5.02 Å².